The molecule has 11 heteroatoms. The summed E-state index contributed by atoms with van der Waals surface area (Å²) in [5.41, 5.74) is 6.45. The average Bonchev–Trinajstić information content (AvgIpc) is 3.07. The van der Waals surface area contributed by atoms with Gasteiger partial charge in [-0.2, -0.15) is 0 Å². The summed E-state index contributed by atoms with van der Waals surface area (Å²) in [5, 5.41) is 10.3. The summed E-state index contributed by atoms with van der Waals surface area (Å²) >= 11 is 14.0. The van der Waals surface area contributed by atoms with E-state index in [0.717, 1.165) is 56.0 Å². The number of hydrogen-bond acceptors (Lipinski definition) is 9. The third-order valence-electron chi connectivity index (χ3n) is 8.93. The second kappa shape index (κ2) is 14.7. The Hall–Kier alpha value is -3.60. The summed E-state index contributed by atoms with van der Waals surface area (Å²) in [6.45, 7) is 7.23. The van der Waals surface area contributed by atoms with E-state index in [1.54, 1.807) is 26.5 Å². The molecular weight excluding hydrogens is 637 g/mol. The number of carbonyl (C=O) groups excluding carboxylic acids is 1. The number of methoxy groups -OCH3 is 2. The minimum Gasteiger partial charge on any atom is -0.496 e. The van der Waals surface area contributed by atoms with Gasteiger partial charge in [-0.15, -0.1) is 0 Å². The Bertz CT molecular complexity index is 1780. The van der Waals surface area contributed by atoms with Crippen LogP contribution in [0.4, 0.5) is 0 Å². The number of fused-ring (bicyclic) bond motifs is 1. The van der Waals surface area contributed by atoms with Gasteiger partial charge in [0, 0.05) is 80.0 Å². The van der Waals surface area contributed by atoms with Crippen molar-refractivity contribution >= 4 is 29.0 Å². The van der Waals surface area contributed by atoms with Gasteiger partial charge in [0.1, 0.15) is 17.1 Å². The van der Waals surface area contributed by atoms with Gasteiger partial charge < -0.3 is 14.6 Å². The number of aliphatic hydroxyl groups is 1. The van der Waals surface area contributed by atoms with Crippen LogP contribution < -0.4 is 9.47 Å². The third kappa shape index (κ3) is 7.00. The quantitative estimate of drug-likeness (QED) is 0.177. The van der Waals surface area contributed by atoms with Gasteiger partial charge >= 0.3 is 0 Å². The molecule has 246 valence electrons. The van der Waals surface area contributed by atoms with Crippen LogP contribution in [0.1, 0.15) is 46.3 Å². The van der Waals surface area contributed by atoms with Gasteiger partial charge in [-0.3, -0.25) is 19.6 Å². The lowest BCUT2D eigenvalue weighted by molar-refractivity contribution is 0.0462. The van der Waals surface area contributed by atoms with Gasteiger partial charge in [0.25, 0.3) is 0 Å². The molecule has 1 N–H and O–H groups in total. The third-order valence-corrected chi connectivity index (χ3v) is 9.78. The molecule has 9 nitrogen and oxygen atoms in total. The first kappa shape index (κ1) is 33.3. The number of hydrogen-bond donors (Lipinski definition) is 1. The van der Waals surface area contributed by atoms with Crippen LogP contribution in [-0.4, -0.2) is 82.6 Å². The molecule has 0 radical (unpaired) electrons. The van der Waals surface area contributed by atoms with Crippen molar-refractivity contribution in [3.8, 4) is 34.0 Å². The molecule has 0 atom stereocenters. The monoisotopic (exact) mass is 675 g/mol. The van der Waals surface area contributed by atoms with E-state index in [9.17, 15) is 9.90 Å². The topological polar surface area (TPSA) is 101 Å². The predicted octanol–water partition coefficient (Wildman–Crippen LogP) is 6.15. The van der Waals surface area contributed by atoms with Crippen LogP contribution in [0.5, 0.6) is 11.6 Å². The van der Waals surface area contributed by atoms with E-state index in [1.807, 2.05) is 36.4 Å². The normalized spacial score (nSPS) is 15.3. The molecule has 1 saturated heterocycles. The minimum absolute atomic E-state index is 0.0812. The average molecular weight is 677 g/mol. The first-order chi connectivity index (χ1) is 22.8. The van der Waals surface area contributed by atoms with E-state index < -0.39 is 0 Å². The summed E-state index contributed by atoms with van der Waals surface area (Å²) < 4.78 is 11.3. The highest BCUT2D eigenvalue weighted by atomic mass is 35.5. The van der Waals surface area contributed by atoms with Crippen LogP contribution >= 0.6 is 23.2 Å². The smallest absolute Gasteiger partial charge is 0.237 e. The number of pyridine rings is 1. The molecule has 0 amide bonds. The maximum absolute atomic E-state index is 13.6. The van der Waals surface area contributed by atoms with Crippen LogP contribution in [0, 0.1) is 5.92 Å². The molecule has 0 spiro atoms. The fraction of sp³-hybridized carbons (Fsp3) is 0.389. The number of nitrogens with zero attached hydrogens (tertiary/aromatic N) is 5. The number of ketones is 1. The summed E-state index contributed by atoms with van der Waals surface area (Å²) in [6.07, 6.45) is 3.69. The van der Waals surface area contributed by atoms with Gasteiger partial charge in [-0.1, -0.05) is 66.5 Å². The maximum Gasteiger partial charge on any atom is 0.237 e. The molecule has 0 unspecified atom stereocenters. The van der Waals surface area contributed by atoms with Crippen LogP contribution in [0.15, 0.2) is 48.7 Å². The molecule has 2 aromatic heterocycles. The highest BCUT2D eigenvalue weighted by Crippen LogP contribution is 2.40. The van der Waals surface area contributed by atoms with E-state index in [0.29, 0.717) is 74.3 Å². The molecule has 6 rings (SSSR count). The molecule has 0 aliphatic carbocycles. The standard InChI is InChI=1S/C36H39Cl2N5O4/c1-4-12-42-13-11-26-30(19-42)40-28(15-33(26)46-2)32(45)14-23-7-5-8-24(34(23)37)25-9-6-10-27(35(25)38)29-16-39-31(36(41-29)47-3)20-43-17-22(18-43)21-44/h5-10,15-16,22,44H,4,11-14,17-21H2,1-3H3. The Morgan fingerprint density at radius 3 is 2.47 bits per heavy atom. The lowest BCUT2D eigenvalue weighted by Crippen LogP contribution is -2.47. The van der Waals surface area contributed by atoms with Crippen LogP contribution in [-0.2, 0) is 25.9 Å². The first-order valence-electron chi connectivity index (χ1n) is 16.0. The lowest BCUT2D eigenvalue weighted by Gasteiger charge is -2.37. The van der Waals surface area contributed by atoms with Crippen molar-refractivity contribution in [2.45, 2.75) is 39.3 Å². The zero-order valence-electron chi connectivity index (χ0n) is 26.9. The number of halogens is 2. The second-order valence-electron chi connectivity index (χ2n) is 12.2. The molecule has 2 aliphatic rings. The second-order valence-corrected chi connectivity index (χ2v) is 12.9. The highest BCUT2D eigenvalue weighted by Gasteiger charge is 2.28. The Balaban J connectivity index is 1.25. The van der Waals surface area contributed by atoms with Gasteiger partial charge in [-0.25, -0.2) is 9.97 Å². The molecule has 0 bridgehead atoms. The summed E-state index contributed by atoms with van der Waals surface area (Å²) in [7, 11) is 3.21. The molecule has 2 aromatic carbocycles. The van der Waals surface area contributed by atoms with Crippen LogP contribution in [0.25, 0.3) is 22.4 Å². The van der Waals surface area contributed by atoms with Crippen molar-refractivity contribution in [3.63, 3.8) is 0 Å². The number of aromatic nitrogens is 3. The number of rotatable bonds is 12. The van der Waals surface area contributed by atoms with E-state index in [4.69, 9.17) is 42.6 Å². The molecule has 1 fully saturated rings. The van der Waals surface area contributed by atoms with Crippen molar-refractivity contribution < 1.29 is 19.4 Å². The van der Waals surface area contributed by atoms with Crippen molar-refractivity contribution in [1.29, 1.82) is 0 Å². The number of Topliss-reactive ketones (excluding diaryl/α,β-unsaturated/α-hetero) is 1. The molecule has 0 saturated carbocycles. The fourth-order valence-corrected chi connectivity index (χ4v) is 7.07. The lowest BCUT2D eigenvalue weighted by atomic mass is 9.97. The van der Waals surface area contributed by atoms with Crippen molar-refractivity contribution in [3.05, 3.63) is 86.9 Å². The summed E-state index contributed by atoms with van der Waals surface area (Å²) in [4.78, 5) is 32.4. The molecular formula is C36H39Cl2N5O4. The number of ether oxygens (including phenoxy) is 2. The van der Waals surface area contributed by atoms with Crippen molar-refractivity contribution in [1.82, 2.24) is 24.8 Å². The largest absolute Gasteiger partial charge is 0.496 e. The zero-order chi connectivity index (χ0) is 33.1. The van der Waals surface area contributed by atoms with E-state index in [2.05, 4.69) is 21.7 Å². The SMILES string of the molecule is CCCN1CCc2c(OC)cc(C(=O)Cc3cccc(-c4cccc(-c5cnc(CN6CC(CO)C6)c(OC)n5)c4Cl)c3Cl)nc2C1. The number of likely N-dealkylation sites (tertiary alicyclic amines) is 1. The van der Waals surface area contributed by atoms with Gasteiger partial charge in [0.05, 0.1) is 41.8 Å². The fourth-order valence-electron chi connectivity index (χ4n) is 6.45. The minimum atomic E-state index is -0.134. The highest BCUT2D eigenvalue weighted by molar-refractivity contribution is 6.38. The van der Waals surface area contributed by atoms with E-state index in [1.165, 1.54) is 0 Å². The molecule has 4 heterocycles. The van der Waals surface area contributed by atoms with Crippen LogP contribution in [0.3, 0.4) is 0 Å². The molecule has 47 heavy (non-hydrogen) atoms. The Morgan fingerprint density at radius 1 is 1.00 bits per heavy atom. The maximum atomic E-state index is 13.6. The Kier molecular flexibility index (Phi) is 10.4. The summed E-state index contributed by atoms with van der Waals surface area (Å²) in [6, 6.07) is 13.1. The van der Waals surface area contributed by atoms with Crippen molar-refractivity contribution in [2.24, 2.45) is 5.92 Å². The molecule has 4 aromatic rings. The zero-order valence-corrected chi connectivity index (χ0v) is 28.4. The molecule has 2 aliphatic heterocycles. The number of carbonyl (C=O) groups is 1. The van der Waals surface area contributed by atoms with Gasteiger partial charge in [-0.05, 0) is 24.9 Å². The van der Waals surface area contributed by atoms with Gasteiger partial charge in [0.2, 0.25) is 5.88 Å². The number of aliphatic hydroxyl groups excluding tert-OH is 1. The first-order valence-corrected chi connectivity index (χ1v) is 16.7. The van der Waals surface area contributed by atoms with E-state index >= 15 is 0 Å². The number of benzene rings is 2. The Labute approximate surface area is 285 Å². The predicted molar refractivity (Wildman–Crippen MR) is 183 cm³/mol. The van der Waals surface area contributed by atoms with E-state index in [-0.39, 0.29) is 18.8 Å². The van der Waals surface area contributed by atoms with Crippen molar-refractivity contribution in [2.75, 3.05) is 47.0 Å². The summed E-state index contributed by atoms with van der Waals surface area (Å²) in [5.74, 6) is 1.31. The van der Waals surface area contributed by atoms with Crippen LogP contribution in [0.2, 0.25) is 10.0 Å². The van der Waals surface area contributed by atoms with Gasteiger partial charge in [0.15, 0.2) is 5.78 Å². The Morgan fingerprint density at radius 2 is 1.74 bits per heavy atom.